The van der Waals surface area contributed by atoms with E-state index in [0.717, 1.165) is 18.9 Å². The zero-order valence-corrected chi connectivity index (χ0v) is 11.3. The molecule has 0 amide bonds. The van der Waals surface area contributed by atoms with Gasteiger partial charge in [0, 0.05) is 43.6 Å². The van der Waals surface area contributed by atoms with Crippen molar-refractivity contribution >= 4 is 11.5 Å². The second-order valence-electron chi connectivity index (χ2n) is 5.46. The predicted octanol–water partition coefficient (Wildman–Crippen LogP) is 0.672. The molecular weight excluding hydrogens is 228 g/mol. The van der Waals surface area contributed by atoms with Gasteiger partial charge in [-0.1, -0.05) is 0 Å². The first kappa shape index (κ1) is 13.1. The number of nitrogens with one attached hydrogen (secondary N) is 2. The second-order valence-corrected chi connectivity index (χ2v) is 5.46. The van der Waals surface area contributed by atoms with Gasteiger partial charge in [0.25, 0.3) is 0 Å². The Bertz CT molecular complexity index is 396. The third-order valence-corrected chi connectivity index (χ3v) is 3.10. The van der Waals surface area contributed by atoms with Gasteiger partial charge in [0.2, 0.25) is 0 Å². The first-order valence-electron chi connectivity index (χ1n) is 6.32. The Hall–Kier alpha value is -1.33. The maximum absolute atomic E-state index is 9.67. The molecule has 2 rings (SSSR count). The fourth-order valence-electron chi connectivity index (χ4n) is 1.89. The molecule has 0 saturated carbocycles. The van der Waals surface area contributed by atoms with Crippen molar-refractivity contribution in [2.75, 3.05) is 36.9 Å². The molecular formula is C13H22N4O. The maximum atomic E-state index is 9.67. The third-order valence-electron chi connectivity index (χ3n) is 3.10. The number of aliphatic hydroxyl groups is 1. The molecule has 1 aromatic heterocycles. The molecule has 1 fully saturated rings. The average molecular weight is 250 g/mol. The molecule has 0 aromatic carbocycles. The molecule has 0 aliphatic carbocycles. The summed E-state index contributed by atoms with van der Waals surface area (Å²) >= 11 is 0. The summed E-state index contributed by atoms with van der Waals surface area (Å²) in [5, 5.41) is 16.1. The van der Waals surface area contributed by atoms with E-state index >= 15 is 0 Å². The van der Waals surface area contributed by atoms with Crippen LogP contribution in [-0.2, 0) is 0 Å². The monoisotopic (exact) mass is 250 g/mol. The molecule has 1 aliphatic rings. The Kier molecular flexibility index (Phi) is 3.73. The average Bonchev–Trinajstić information content (AvgIpc) is 2.25. The van der Waals surface area contributed by atoms with Gasteiger partial charge >= 0.3 is 0 Å². The molecule has 5 nitrogen and oxygen atoms in total. The lowest BCUT2D eigenvalue weighted by Gasteiger charge is -2.40. The van der Waals surface area contributed by atoms with Crippen LogP contribution in [0.15, 0.2) is 18.3 Å². The van der Waals surface area contributed by atoms with Crippen molar-refractivity contribution in [3.8, 4) is 0 Å². The molecule has 1 saturated heterocycles. The van der Waals surface area contributed by atoms with E-state index in [1.165, 1.54) is 5.69 Å². The summed E-state index contributed by atoms with van der Waals surface area (Å²) in [6.45, 7) is 6.10. The largest absolute Gasteiger partial charge is 0.389 e. The topological polar surface area (TPSA) is 60.4 Å². The van der Waals surface area contributed by atoms with E-state index in [2.05, 4.69) is 20.5 Å². The zero-order chi connectivity index (χ0) is 13.2. The molecule has 0 bridgehead atoms. The van der Waals surface area contributed by atoms with Gasteiger partial charge in [-0.3, -0.25) is 0 Å². The number of rotatable bonds is 5. The highest BCUT2D eigenvalue weighted by molar-refractivity contribution is 5.55. The van der Waals surface area contributed by atoms with E-state index in [1.807, 2.05) is 19.2 Å². The molecule has 1 aliphatic heterocycles. The Morgan fingerprint density at radius 2 is 2.22 bits per heavy atom. The maximum Gasteiger partial charge on any atom is 0.128 e. The number of anilines is 2. The summed E-state index contributed by atoms with van der Waals surface area (Å²) in [6.07, 6.45) is 1.80. The number of pyridine rings is 1. The van der Waals surface area contributed by atoms with Gasteiger partial charge in [0.1, 0.15) is 5.82 Å². The Labute approximate surface area is 108 Å². The van der Waals surface area contributed by atoms with Gasteiger partial charge < -0.3 is 20.6 Å². The fourth-order valence-corrected chi connectivity index (χ4v) is 1.89. The fraction of sp³-hybridized carbons (Fsp3) is 0.615. The number of nitrogens with zero attached hydrogens (tertiary/aromatic N) is 2. The quantitative estimate of drug-likeness (QED) is 0.717. The van der Waals surface area contributed by atoms with E-state index in [9.17, 15) is 5.11 Å². The Morgan fingerprint density at radius 3 is 2.83 bits per heavy atom. The summed E-state index contributed by atoms with van der Waals surface area (Å²) < 4.78 is 0. The third kappa shape index (κ3) is 3.34. The van der Waals surface area contributed by atoms with Crippen LogP contribution >= 0.6 is 0 Å². The minimum atomic E-state index is -0.730. The van der Waals surface area contributed by atoms with Gasteiger partial charge in [0.05, 0.1) is 5.60 Å². The first-order chi connectivity index (χ1) is 8.48. The van der Waals surface area contributed by atoms with Gasteiger partial charge in [-0.05, 0) is 27.0 Å². The van der Waals surface area contributed by atoms with Crippen molar-refractivity contribution in [1.82, 2.24) is 10.3 Å². The van der Waals surface area contributed by atoms with E-state index in [4.69, 9.17) is 0 Å². The summed E-state index contributed by atoms with van der Waals surface area (Å²) in [5.41, 5.74) is 0.445. The lowest BCUT2D eigenvalue weighted by molar-refractivity contribution is 0.0944. The molecule has 0 atom stereocenters. The molecule has 3 N–H and O–H groups in total. The molecule has 5 heteroatoms. The normalized spacial score (nSPS) is 16.6. The first-order valence-corrected chi connectivity index (χ1v) is 6.32. The predicted molar refractivity (Wildman–Crippen MR) is 74.1 cm³/mol. The van der Waals surface area contributed by atoms with Crippen molar-refractivity contribution < 1.29 is 5.11 Å². The number of likely N-dealkylation sites (N-methyl/N-ethyl adjacent to an activating group) is 1. The summed E-state index contributed by atoms with van der Waals surface area (Å²) in [4.78, 5) is 6.56. The highest BCUT2D eigenvalue weighted by Gasteiger charge is 2.25. The SMILES string of the molecule is CNC1CN(c2ccnc(NCC(C)(C)O)c2)C1. The Morgan fingerprint density at radius 1 is 1.50 bits per heavy atom. The summed E-state index contributed by atoms with van der Waals surface area (Å²) in [5.74, 6) is 0.808. The van der Waals surface area contributed by atoms with E-state index in [1.54, 1.807) is 20.0 Å². The summed E-state index contributed by atoms with van der Waals surface area (Å²) in [7, 11) is 1.99. The highest BCUT2D eigenvalue weighted by Crippen LogP contribution is 2.22. The molecule has 100 valence electrons. The van der Waals surface area contributed by atoms with Crippen molar-refractivity contribution in [2.45, 2.75) is 25.5 Å². The minimum Gasteiger partial charge on any atom is -0.389 e. The van der Waals surface area contributed by atoms with Gasteiger partial charge in [-0.25, -0.2) is 4.98 Å². The van der Waals surface area contributed by atoms with Crippen LogP contribution in [0.25, 0.3) is 0 Å². The van der Waals surface area contributed by atoms with E-state index in [-0.39, 0.29) is 0 Å². The lowest BCUT2D eigenvalue weighted by Crippen LogP contribution is -2.57. The minimum absolute atomic E-state index is 0.489. The molecule has 2 heterocycles. The number of hydrogen-bond acceptors (Lipinski definition) is 5. The molecule has 0 radical (unpaired) electrons. The lowest BCUT2D eigenvalue weighted by atomic mass is 10.1. The van der Waals surface area contributed by atoms with Gasteiger partial charge in [-0.2, -0.15) is 0 Å². The van der Waals surface area contributed by atoms with Crippen molar-refractivity contribution in [3.63, 3.8) is 0 Å². The van der Waals surface area contributed by atoms with Crippen molar-refractivity contribution in [2.24, 2.45) is 0 Å². The van der Waals surface area contributed by atoms with Crippen molar-refractivity contribution in [3.05, 3.63) is 18.3 Å². The van der Waals surface area contributed by atoms with Crippen LogP contribution in [-0.4, -0.2) is 48.4 Å². The number of hydrogen-bond donors (Lipinski definition) is 3. The van der Waals surface area contributed by atoms with Crippen LogP contribution < -0.4 is 15.5 Å². The van der Waals surface area contributed by atoms with Crippen LogP contribution in [0.2, 0.25) is 0 Å². The van der Waals surface area contributed by atoms with E-state index in [0.29, 0.717) is 12.6 Å². The molecule has 0 unspecified atom stereocenters. The molecule has 1 aromatic rings. The smallest absolute Gasteiger partial charge is 0.128 e. The van der Waals surface area contributed by atoms with Crippen LogP contribution in [0.3, 0.4) is 0 Å². The second kappa shape index (κ2) is 5.12. The highest BCUT2D eigenvalue weighted by atomic mass is 16.3. The van der Waals surface area contributed by atoms with Crippen molar-refractivity contribution in [1.29, 1.82) is 0 Å². The number of aromatic nitrogens is 1. The summed E-state index contributed by atoms with van der Waals surface area (Å²) in [6, 6.07) is 4.63. The Balaban J connectivity index is 1.94. The van der Waals surface area contributed by atoms with E-state index < -0.39 is 5.60 Å². The molecule has 0 spiro atoms. The standard InChI is InChI=1S/C13H22N4O/c1-13(2,18)9-16-12-6-11(4-5-15-12)17-7-10(8-17)14-3/h4-6,10,14,18H,7-9H2,1-3H3,(H,15,16). The van der Waals surface area contributed by atoms with Crippen LogP contribution in [0.1, 0.15) is 13.8 Å². The van der Waals surface area contributed by atoms with Crippen LogP contribution in [0.5, 0.6) is 0 Å². The zero-order valence-electron chi connectivity index (χ0n) is 11.3. The van der Waals surface area contributed by atoms with Gasteiger partial charge in [-0.15, -0.1) is 0 Å². The van der Waals surface area contributed by atoms with Crippen LogP contribution in [0.4, 0.5) is 11.5 Å². The molecule has 18 heavy (non-hydrogen) atoms. The van der Waals surface area contributed by atoms with Crippen LogP contribution in [0, 0.1) is 0 Å². The van der Waals surface area contributed by atoms with Gasteiger partial charge in [0.15, 0.2) is 0 Å².